The summed E-state index contributed by atoms with van der Waals surface area (Å²) in [6, 6.07) is 20.2. The van der Waals surface area contributed by atoms with Crippen molar-refractivity contribution in [1.29, 1.82) is 0 Å². The minimum absolute atomic E-state index is 0.0154. The molecule has 0 atom stereocenters. The molecule has 1 saturated carbocycles. The fourth-order valence-corrected chi connectivity index (χ4v) is 3.82. The van der Waals surface area contributed by atoms with Gasteiger partial charge < -0.3 is 9.64 Å². The molecule has 0 aromatic heterocycles. The highest BCUT2D eigenvalue weighted by atomic mass is 16.5. The Labute approximate surface area is 161 Å². The summed E-state index contributed by atoms with van der Waals surface area (Å²) >= 11 is 0. The third-order valence-electron chi connectivity index (χ3n) is 5.36. The van der Waals surface area contributed by atoms with E-state index in [9.17, 15) is 9.59 Å². The van der Waals surface area contributed by atoms with Gasteiger partial charge in [-0.3, -0.25) is 9.59 Å². The molecule has 1 aliphatic rings. The van der Waals surface area contributed by atoms with E-state index in [1.54, 1.807) is 0 Å². The predicted octanol–water partition coefficient (Wildman–Crippen LogP) is 4.19. The second kappa shape index (κ2) is 9.36. The number of methoxy groups -OCH3 is 1. The molecular formula is C23H27NO3. The SMILES string of the molecule is COC(=O)[C@H]1CC[C@@H](C(=O)N(Cc2ccccc2)Cc2ccccc2)CC1. The van der Waals surface area contributed by atoms with Crippen molar-refractivity contribution in [2.45, 2.75) is 38.8 Å². The van der Waals surface area contributed by atoms with Crippen LogP contribution < -0.4 is 0 Å². The fraction of sp³-hybridized carbons (Fsp3) is 0.391. The maximum atomic E-state index is 13.3. The molecule has 142 valence electrons. The van der Waals surface area contributed by atoms with Crippen LogP contribution in [0.1, 0.15) is 36.8 Å². The second-order valence-corrected chi connectivity index (χ2v) is 7.24. The first-order valence-electron chi connectivity index (χ1n) is 9.62. The fourth-order valence-electron chi connectivity index (χ4n) is 3.82. The molecule has 2 aromatic rings. The number of nitrogens with zero attached hydrogens (tertiary/aromatic N) is 1. The molecule has 0 bridgehead atoms. The van der Waals surface area contributed by atoms with E-state index >= 15 is 0 Å². The van der Waals surface area contributed by atoms with Gasteiger partial charge in [-0.1, -0.05) is 60.7 Å². The van der Waals surface area contributed by atoms with Gasteiger partial charge >= 0.3 is 5.97 Å². The van der Waals surface area contributed by atoms with Gasteiger partial charge in [0.25, 0.3) is 0 Å². The molecule has 3 rings (SSSR count). The highest BCUT2D eigenvalue weighted by Gasteiger charge is 2.32. The van der Waals surface area contributed by atoms with Gasteiger partial charge in [0.15, 0.2) is 0 Å². The molecule has 0 unspecified atom stereocenters. The number of esters is 1. The standard InChI is InChI=1S/C23H27NO3/c1-27-23(26)21-14-12-20(13-15-21)22(25)24(16-18-8-4-2-5-9-18)17-19-10-6-3-7-11-19/h2-11,20-21H,12-17H2,1H3/t20-,21+. The molecule has 4 nitrogen and oxygen atoms in total. The average Bonchev–Trinajstić information content (AvgIpc) is 2.74. The van der Waals surface area contributed by atoms with Gasteiger partial charge in [0.2, 0.25) is 5.91 Å². The lowest BCUT2D eigenvalue weighted by molar-refractivity contribution is -0.148. The van der Waals surface area contributed by atoms with Crippen molar-refractivity contribution >= 4 is 11.9 Å². The Hall–Kier alpha value is -2.62. The molecular weight excluding hydrogens is 338 g/mol. The van der Waals surface area contributed by atoms with Gasteiger partial charge in [-0.2, -0.15) is 0 Å². The highest BCUT2D eigenvalue weighted by molar-refractivity contribution is 5.79. The first-order chi connectivity index (χ1) is 13.2. The highest BCUT2D eigenvalue weighted by Crippen LogP contribution is 2.31. The lowest BCUT2D eigenvalue weighted by atomic mass is 9.81. The average molecular weight is 365 g/mol. The molecule has 27 heavy (non-hydrogen) atoms. The molecule has 0 N–H and O–H groups in total. The van der Waals surface area contributed by atoms with Crippen LogP contribution in [0.25, 0.3) is 0 Å². The van der Waals surface area contributed by atoms with E-state index in [1.807, 2.05) is 41.3 Å². The summed E-state index contributed by atoms with van der Waals surface area (Å²) in [5, 5.41) is 0. The minimum atomic E-state index is -0.147. The smallest absolute Gasteiger partial charge is 0.308 e. The summed E-state index contributed by atoms with van der Waals surface area (Å²) in [7, 11) is 1.43. The molecule has 0 heterocycles. The Morgan fingerprint density at radius 1 is 0.815 bits per heavy atom. The van der Waals surface area contributed by atoms with Crippen molar-refractivity contribution in [3.8, 4) is 0 Å². The van der Waals surface area contributed by atoms with Gasteiger partial charge in [-0.15, -0.1) is 0 Å². The van der Waals surface area contributed by atoms with Crippen LogP contribution in [-0.2, 0) is 27.4 Å². The maximum Gasteiger partial charge on any atom is 0.308 e. The molecule has 1 amide bonds. The van der Waals surface area contributed by atoms with Crippen molar-refractivity contribution in [2.75, 3.05) is 7.11 Å². The molecule has 1 fully saturated rings. The van der Waals surface area contributed by atoms with Crippen molar-refractivity contribution < 1.29 is 14.3 Å². The van der Waals surface area contributed by atoms with Gasteiger partial charge in [0, 0.05) is 19.0 Å². The summed E-state index contributed by atoms with van der Waals surface area (Å²) in [4.78, 5) is 27.0. The predicted molar refractivity (Wildman–Crippen MR) is 105 cm³/mol. The third kappa shape index (κ3) is 5.19. The second-order valence-electron chi connectivity index (χ2n) is 7.24. The number of carbonyl (C=O) groups is 2. The Balaban J connectivity index is 1.70. The molecule has 0 radical (unpaired) electrons. The normalized spacial score (nSPS) is 19.3. The molecule has 2 aromatic carbocycles. The topological polar surface area (TPSA) is 46.6 Å². The van der Waals surface area contributed by atoms with E-state index in [4.69, 9.17) is 4.74 Å². The zero-order valence-electron chi connectivity index (χ0n) is 15.8. The third-order valence-corrected chi connectivity index (χ3v) is 5.36. The van der Waals surface area contributed by atoms with Crippen molar-refractivity contribution in [3.05, 3.63) is 71.8 Å². The van der Waals surface area contributed by atoms with Crippen LogP contribution in [0.5, 0.6) is 0 Å². The van der Waals surface area contributed by atoms with Crippen LogP contribution in [0.2, 0.25) is 0 Å². The Morgan fingerprint density at radius 3 is 1.70 bits per heavy atom. The number of rotatable bonds is 6. The summed E-state index contributed by atoms with van der Waals surface area (Å²) in [6.07, 6.45) is 2.96. The van der Waals surface area contributed by atoms with E-state index in [1.165, 1.54) is 7.11 Å². The molecule has 4 heteroatoms. The number of benzene rings is 2. The molecule has 0 saturated heterocycles. The van der Waals surface area contributed by atoms with Gasteiger partial charge in [-0.05, 0) is 36.8 Å². The van der Waals surface area contributed by atoms with Crippen LogP contribution in [0.3, 0.4) is 0 Å². The van der Waals surface area contributed by atoms with Crippen molar-refractivity contribution in [3.63, 3.8) is 0 Å². The number of ether oxygens (including phenoxy) is 1. The van der Waals surface area contributed by atoms with E-state index in [0.717, 1.165) is 36.8 Å². The molecule has 0 aliphatic heterocycles. The maximum absolute atomic E-state index is 13.3. The van der Waals surface area contributed by atoms with Gasteiger partial charge in [0.1, 0.15) is 0 Å². The molecule has 0 spiro atoms. The van der Waals surface area contributed by atoms with Crippen LogP contribution in [-0.4, -0.2) is 23.9 Å². The van der Waals surface area contributed by atoms with Crippen molar-refractivity contribution in [2.24, 2.45) is 11.8 Å². The van der Waals surface area contributed by atoms with Gasteiger partial charge in [0.05, 0.1) is 13.0 Å². The van der Waals surface area contributed by atoms with Crippen molar-refractivity contribution in [1.82, 2.24) is 4.90 Å². The lowest BCUT2D eigenvalue weighted by Crippen LogP contribution is -2.37. The quantitative estimate of drug-likeness (QED) is 0.721. The number of carbonyl (C=O) groups excluding carboxylic acids is 2. The van der Waals surface area contributed by atoms with Crippen LogP contribution >= 0.6 is 0 Å². The Bertz CT molecular complexity index is 695. The largest absolute Gasteiger partial charge is 0.469 e. The first-order valence-corrected chi connectivity index (χ1v) is 9.62. The number of amides is 1. The lowest BCUT2D eigenvalue weighted by Gasteiger charge is -2.31. The van der Waals surface area contributed by atoms with E-state index in [-0.39, 0.29) is 23.7 Å². The monoisotopic (exact) mass is 365 g/mol. The molecule has 1 aliphatic carbocycles. The zero-order chi connectivity index (χ0) is 19.1. The summed E-state index contributed by atoms with van der Waals surface area (Å²) in [6.45, 7) is 1.21. The van der Waals surface area contributed by atoms with Gasteiger partial charge in [-0.25, -0.2) is 0 Å². The summed E-state index contributed by atoms with van der Waals surface area (Å²) < 4.78 is 4.86. The number of hydrogen-bond acceptors (Lipinski definition) is 3. The first kappa shape index (κ1) is 19.2. The van der Waals surface area contributed by atoms with Crippen LogP contribution in [0.15, 0.2) is 60.7 Å². The van der Waals surface area contributed by atoms with E-state index in [2.05, 4.69) is 24.3 Å². The zero-order valence-corrected chi connectivity index (χ0v) is 15.8. The Kier molecular flexibility index (Phi) is 6.64. The minimum Gasteiger partial charge on any atom is -0.469 e. The van der Waals surface area contributed by atoms with Crippen LogP contribution in [0.4, 0.5) is 0 Å². The van der Waals surface area contributed by atoms with E-state index in [0.29, 0.717) is 13.1 Å². The summed E-state index contributed by atoms with van der Waals surface area (Å²) in [5.74, 6) is -0.0357. The number of hydrogen-bond donors (Lipinski definition) is 0. The summed E-state index contributed by atoms with van der Waals surface area (Å²) in [5.41, 5.74) is 2.26. The van der Waals surface area contributed by atoms with E-state index < -0.39 is 0 Å². The Morgan fingerprint density at radius 2 is 1.26 bits per heavy atom. The van der Waals surface area contributed by atoms with Crippen LogP contribution in [0, 0.1) is 11.8 Å².